The number of rotatable bonds is 3. The lowest BCUT2D eigenvalue weighted by molar-refractivity contribution is 1.17. The molecule has 0 aliphatic rings. The minimum Gasteiger partial charge on any atom is -0.241 e. The number of aromatic nitrogens is 1. The van der Waals surface area contributed by atoms with E-state index in [-0.39, 0.29) is 0 Å². The van der Waals surface area contributed by atoms with E-state index < -0.39 is 0 Å². The number of hydrogen-bond donors (Lipinski definition) is 0. The molecule has 1 heterocycles. The summed E-state index contributed by atoms with van der Waals surface area (Å²) < 4.78 is 0. The van der Waals surface area contributed by atoms with Crippen LogP contribution in [0.2, 0.25) is 0 Å². The molecule has 0 bridgehead atoms. The first kappa shape index (κ1) is 12.6. The highest BCUT2D eigenvalue weighted by Gasteiger charge is 2.12. The molecule has 3 heteroatoms. The van der Waals surface area contributed by atoms with Gasteiger partial charge in [-0.3, -0.25) is 0 Å². The van der Waals surface area contributed by atoms with E-state index in [1.807, 2.05) is 0 Å². The average Bonchev–Trinajstić information content (AvgIpc) is 2.64. The number of aryl methyl sites for hydroxylation is 4. The maximum atomic E-state index is 5.85. The number of hydrogen-bond acceptors (Lipinski definition) is 2. The monoisotopic (exact) mass is 265 g/mol. The molecule has 0 spiro atoms. The zero-order valence-electron chi connectivity index (χ0n) is 10.4. The van der Waals surface area contributed by atoms with Crippen LogP contribution in [0.3, 0.4) is 0 Å². The smallest absolute Gasteiger partial charge is 0.0904 e. The van der Waals surface area contributed by atoms with Crippen LogP contribution in [0.4, 0.5) is 0 Å². The normalized spacial score (nSPS) is 10.8. The lowest BCUT2D eigenvalue weighted by atomic mass is 10.0. The lowest BCUT2D eigenvalue weighted by Crippen LogP contribution is -1.91. The molecule has 0 atom stereocenters. The summed E-state index contributed by atoms with van der Waals surface area (Å²) in [6, 6.07) is 6.50. The molecule has 1 aromatic carbocycles. The van der Waals surface area contributed by atoms with E-state index in [9.17, 15) is 0 Å². The Labute approximate surface area is 111 Å². The van der Waals surface area contributed by atoms with Gasteiger partial charge in [0.1, 0.15) is 0 Å². The Hall–Kier alpha value is -0.860. The third-order valence-corrected chi connectivity index (χ3v) is 3.99. The summed E-state index contributed by atoms with van der Waals surface area (Å²) in [5.41, 5.74) is 4.91. The summed E-state index contributed by atoms with van der Waals surface area (Å²) >= 11 is 7.61. The zero-order valence-corrected chi connectivity index (χ0v) is 12.0. The van der Waals surface area contributed by atoms with E-state index >= 15 is 0 Å². The largest absolute Gasteiger partial charge is 0.241 e. The SMILES string of the molecule is Cc1ccc(C)c(-c2nc(C)sc2CCCl)c1. The van der Waals surface area contributed by atoms with Crippen LogP contribution in [0.1, 0.15) is 21.0 Å². The number of benzene rings is 1. The van der Waals surface area contributed by atoms with Crippen molar-refractivity contribution < 1.29 is 0 Å². The molecular weight excluding hydrogens is 250 g/mol. The fourth-order valence-electron chi connectivity index (χ4n) is 1.93. The minimum absolute atomic E-state index is 0.652. The fourth-order valence-corrected chi connectivity index (χ4v) is 3.18. The summed E-state index contributed by atoms with van der Waals surface area (Å²) in [5, 5.41) is 1.11. The van der Waals surface area contributed by atoms with Crippen LogP contribution >= 0.6 is 22.9 Å². The van der Waals surface area contributed by atoms with E-state index in [2.05, 4.69) is 44.0 Å². The summed E-state index contributed by atoms with van der Waals surface area (Å²) in [7, 11) is 0. The summed E-state index contributed by atoms with van der Waals surface area (Å²) in [4.78, 5) is 5.96. The van der Waals surface area contributed by atoms with Gasteiger partial charge in [0.25, 0.3) is 0 Å². The van der Waals surface area contributed by atoms with Crippen molar-refractivity contribution in [1.82, 2.24) is 4.98 Å². The summed E-state index contributed by atoms with van der Waals surface area (Å²) in [6.07, 6.45) is 0.899. The van der Waals surface area contributed by atoms with E-state index in [0.29, 0.717) is 5.88 Å². The van der Waals surface area contributed by atoms with Crippen molar-refractivity contribution in [2.24, 2.45) is 0 Å². The predicted octanol–water partition coefficient (Wildman–Crippen LogP) is 4.52. The molecule has 17 heavy (non-hydrogen) atoms. The van der Waals surface area contributed by atoms with Crippen molar-refractivity contribution in [3.05, 3.63) is 39.2 Å². The van der Waals surface area contributed by atoms with Crippen molar-refractivity contribution in [2.75, 3.05) is 5.88 Å². The Morgan fingerprint density at radius 1 is 1.24 bits per heavy atom. The van der Waals surface area contributed by atoms with E-state index in [1.165, 1.54) is 21.6 Å². The number of halogens is 1. The Morgan fingerprint density at radius 3 is 2.71 bits per heavy atom. The van der Waals surface area contributed by atoms with Gasteiger partial charge in [0.05, 0.1) is 10.7 Å². The molecule has 90 valence electrons. The third-order valence-electron chi connectivity index (χ3n) is 2.77. The second-order valence-corrected chi connectivity index (χ2v) is 5.93. The van der Waals surface area contributed by atoms with E-state index in [1.54, 1.807) is 11.3 Å². The second kappa shape index (κ2) is 5.19. The quantitative estimate of drug-likeness (QED) is 0.744. The number of thiazole rings is 1. The van der Waals surface area contributed by atoms with Gasteiger partial charge in [-0.05, 0) is 38.8 Å². The molecule has 0 N–H and O–H groups in total. The third kappa shape index (κ3) is 2.70. The molecule has 2 aromatic rings. The summed E-state index contributed by atoms with van der Waals surface area (Å²) in [5.74, 6) is 0.652. The Bertz CT molecular complexity index is 531. The topological polar surface area (TPSA) is 12.9 Å². The molecule has 0 aliphatic heterocycles. The average molecular weight is 266 g/mol. The van der Waals surface area contributed by atoms with Crippen molar-refractivity contribution in [3.8, 4) is 11.3 Å². The standard InChI is InChI=1S/C14H16ClNS/c1-9-4-5-10(2)12(8-9)14-13(6-7-15)17-11(3)16-14/h4-5,8H,6-7H2,1-3H3. The van der Waals surface area contributed by atoms with E-state index in [0.717, 1.165) is 17.1 Å². The van der Waals surface area contributed by atoms with Gasteiger partial charge in [-0.15, -0.1) is 22.9 Å². The van der Waals surface area contributed by atoms with Gasteiger partial charge in [0.2, 0.25) is 0 Å². The minimum atomic E-state index is 0.652. The van der Waals surface area contributed by atoms with Crippen LogP contribution in [-0.4, -0.2) is 10.9 Å². The molecule has 0 saturated carbocycles. The van der Waals surface area contributed by atoms with Crippen molar-refractivity contribution in [2.45, 2.75) is 27.2 Å². The van der Waals surface area contributed by atoms with E-state index in [4.69, 9.17) is 11.6 Å². The van der Waals surface area contributed by atoms with Gasteiger partial charge >= 0.3 is 0 Å². The molecule has 0 radical (unpaired) electrons. The first-order valence-corrected chi connectivity index (χ1v) is 7.07. The van der Waals surface area contributed by atoms with Gasteiger partial charge in [0, 0.05) is 16.3 Å². The maximum Gasteiger partial charge on any atom is 0.0904 e. The fraction of sp³-hybridized carbons (Fsp3) is 0.357. The highest BCUT2D eigenvalue weighted by molar-refractivity contribution is 7.12. The Kier molecular flexibility index (Phi) is 3.85. The molecule has 0 saturated heterocycles. The van der Waals surface area contributed by atoms with Crippen LogP contribution in [0, 0.1) is 20.8 Å². The zero-order chi connectivity index (χ0) is 12.4. The van der Waals surface area contributed by atoms with Crippen molar-refractivity contribution >= 4 is 22.9 Å². The number of alkyl halides is 1. The maximum absolute atomic E-state index is 5.85. The van der Waals surface area contributed by atoms with Crippen molar-refractivity contribution in [1.29, 1.82) is 0 Å². The molecular formula is C14H16ClNS. The van der Waals surface area contributed by atoms with Crippen LogP contribution in [-0.2, 0) is 6.42 Å². The Morgan fingerprint density at radius 2 is 2.00 bits per heavy atom. The predicted molar refractivity (Wildman–Crippen MR) is 76.2 cm³/mol. The molecule has 0 unspecified atom stereocenters. The number of nitrogens with zero attached hydrogens (tertiary/aromatic N) is 1. The molecule has 0 fully saturated rings. The second-order valence-electron chi connectivity index (χ2n) is 4.26. The van der Waals surface area contributed by atoms with Crippen LogP contribution in [0.25, 0.3) is 11.3 Å². The highest BCUT2D eigenvalue weighted by atomic mass is 35.5. The highest BCUT2D eigenvalue weighted by Crippen LogP contribution is 2.31. The first-order valence-electron chi connectivity index (χ1n) is 5.71. The van der Waals surface area contributed by atoms with Gasteiger partial charge < -0.3 is 0 Å². The summed E-state index contributed by atoms with van der Waals surface area (Å²) in [6.45, 7) is 6.30. The molecule has 0 aliphatic carbocycles. The molecule has 1 nitrogen and oxygen atoms in total. The van der Waals surface area contributed by atoms with Gasteiger partial charge in [0.15, 0.2) is 0 Å². The molecule has 1 aromatic heterocycles. The first-order chi connectivity index (χ1) is 8.11. The van der Waals surface area contributed by atoms with Crippen LogP contribution < -0.4 is 0 Å². The molecule has 0 amide bonds. The van der Waals surface area contributed by atoms with Gasteiger partial charge in [-0.25, -0.2) is 4.98 Å². The lowest BCUT2D eigenvalue weighted by Gasteiger charge is -2.06. The molecule has 2 rings (SSSR count). The van der Waals surface area contributed by atoms with Gasteiger partial charge in [-0.1, -0.05) is 17.7 Å². The van der Waals surface area contributed by atoms with Gasteiger partial charge in [-0.2, -0.15) is 0 Å². The Balaban J connectivity index is 2.55. The van der Waals surface area contributed by atoms with Crippen molar-refractivity contribution in [3.63, 3.8) is 0 Å². The van der Waals surface area contributed by atoms with Crippen LogP contribution in [0.15, 0.2) is 18.2 Å². The van der Waals surface area contributed by atoms with Crippen LogP contribution in [0.5, 0.6) is 0 Å².